The molecule has 150 valence electrons. The summed E-state index contributed by atoms with van der Waals surface area (Å²) in [5.74, 6) is 1.23. The maximum absolute atomic E-state index is 11.0. The van der Waals surface area contributed by atoms with Gasteiger partial charge < -0.3 is 5.11 Å². The summed E-state index contributed by atoms with van der Waals surface area (Å²) in [6, 6.07) is 16.8. The number of carbonyl (C=O) groups is 1. The van der Waals surface area contributed by atoms with Gasteiger partial charge in [0.15, 0.2) is 0 Å². The molecular weight excluding hydrogens is 344 g/mol. The Hall–Kier alpha value is -2.09. The second kappa shape index (κ2) is 9.91. The Morgan fingerprint density at radius 3 is 2.21 bits per heavy atom. The number of hydrogen-bond donors (Lipinski definition) is 1. The van der Waals surface area contributed by atoms with E-state index in [4.69, 9.17) is 5.11 Å². The molecule has 1 saturated carbocycles. The molecule has 2 aromatic carbocycles. The van der Waals surface area contributed by atoms with Gasteiger partial charge in [-0.05, 0) is 91.5 Å². The fourth-order valence-electron chi connectivity index (χ4n) is 4.64. The minimum absolute atomic E-state index is 0.372. The summed E-state index contributed by atoms with van der Waals surface area (Å²) < 4.78 is 0. The summed E-state index contributed by atoms with van der Waals surface area (Å²) in [6.45, 7) is 4.50. The van der Waals surface area contributed by atoms with Crippen molar-refractivity contribution in [1.82, 2.24) is 0 Å². The van der Waals surface area contributed by atoms with Gasteiger partial charge in [-0.25, -0.2) is 4.79 Å². The minimum Gasteiger partial charge on any atom is -0.478 e. The third-order valence-corrected chi connectivity index (χ3v) is 6.57. The lowest BCUT2D eigenvalue weighted by atomic mass is 9.76. The van der Waals surface area contributed by atoms with Crippen LogP contribution in [0.1, 0.15) is 97.7 Å². The highest BCUT2D eigenvalue weighted by atomic mass is 16.4. The maximum atomic E-state index is 11.0. The van der Waals surface area contributed by atoms with Crippen LogP contribution in [-0.2, 0) is 6.42 Å². The first-order valence-electron chi connectivity index (χ1n) is 11.0. The molecule has 0 heterocycles. The standard InChI is InChI=1S/C26H34O2/c1-3-4-20-7-11-23(12-8-20)24-13-9-21(10-14-24)6-5-19(2)22-15-17-25(18-16-22)26(27)28/h7-8,11-12,15-19,21,24H,3-6,9-10,13-14H2,1-2H3,(H,27,28). The summed E-state index contributed by atoms with van der Waals surface area (Å²) in [6.07, 6.45) is 10.2. The molecule has 2 nitrogen and oxygen atoms in total. The van der Waals surface area contributed by atoms with Crippen LogP contribution in [0.5, 0.6) is 0 Å². The van der Waals surface area contributed by atoms with E-state index in [0.29, 0.717) is 11.5 Å². The number of carboxylic acid groups (broad SMARTS) is 1. The van der Waals surface area contributed by atoms with Gasteiger partial charge in [0.2, 0.25) is 0 Å². The minimum atomic E-state index is -0.851. The van der Waals surface area contributed by atoms with Crippen molar-refractivity contribution >= 4 is 5.97 Å². The fourth-order valence-corrected chi connectivity index (χ4v) is 4.64. The zero-order chi connectivity index (χ0) is 19.9. The van der Waals surface area contributed by atoms with Crippen molar-refractivity contribution < 1.29 is 9.90 Å². The molecule has 0 spiro atoms. The van der Waals surface area contributed by atoms with E-state index < -0.39 is 5.97 Å². The van der Waals surface area contributed by atoms with Crippen molar-refractivity contribution in [1.29, 1.82) is 0 Å². The Morgan fingerprint density at radius 2 is 1.64 bits per heavy atom. The Bertz CT molecular complexity index is 737. The van der Waals surface area contributed by atoms with Gasteiger partial charge in [0, 0.05) is 0 Å². The van der Waals surface area contributed by atoms with Crippen molar-refractivity contribution in [3.63, 3.8) is 0 Å². The summed E-state index contributed by atoms with van der Waals surface area (Å²) >= 11 is 0. The van der Waals surface area contributed by atoms with E-state index in [9.17, 15) is 4.79 Å². The lowest BCUT2D eigenvalue weighted by molar-refractivity contribution is 0.0697. The lowest BCUT2D eigenvalue weighted by Crippen LogP contribution is -2.14. The summed E-state index contributed by atoms with van der Waals surface area (Å²) in [4.78, 5) is 11.0. The monoisotopic (exact) mass is 378 g/mol. The van der Waals surface area contributed by atoms with Gasteiger partial charge in [-0.2, -0.15) is 0 Å². The second-order valence-corrected chi connectivity index (χ2v) is 8.61. The predicted octanol–water partition coefficient (Wildman–Crippen LogP) is 7.20. The lowest BCUT2D eigenvalue weighted by Gasteiger charge is -2.29. The first-order chi connectivity index (χ1) is 13.6. The first kappa shape index (κ1) is 20.6. The van der Waals surface area contributed by atoms with Crippen LogP contribution in [0.15, 0.2) is 48.5 Å². The second-order valence-electron chi connectivity index (χ2n) is 8.61. The molecule has 0 radical (unpaired) electrons. The van der Waals surface area contributed by atoms with E-state index in [1.807, 2.05) is 12.1 Å². The number of hydrogen-bond acceptors (Lipinski definition) is 1. The Labute approximate surface area is 170 Å². The number of aromatic carboxylic acids is 1. The third kappa shape index (κ3) is 5.47. The Kier molecular flexibility index (Phi) is 7.30. The number of carboxylic acids is 1. The first-order valence-corrected chi connectivity index (χ1v) is 11.0. The zero-order valence-corrected chi connectivity index (χ0v) is 17.4. The van der Waals surface area contributed by atoms with Gasteiger partial charge in [0.25, 0.3) is 0 Å². The maximum Gasteiger partial charge on any atom is 0.335 e. The molecule has 1 atom stereocenters. The van der Waals surface area contributed by atoms with Crippen molar-refractivity contribution in [3.8, 4) is 0 Å². The van der Waals surface area contributed by atoms with E-state index in [0.717, 1.165) is 11.8 Å². The van der Waals surface area contributed by atoms with Gasteiger partial charge >= 0.3 is 5.97 Å². The number of aryl methyl sites for hydroxylation is 1. The van der Waals surface area contributed by atoms with Crippen molar-refractivity contribution in [2.45, 2.75) is 77.0 Å². The number of benzene rings is 2. The summed E-state index contributed by atoms with van der Waals surface area (Å²) in [5.41, 5.74) is 4.62. The zero-order valence-electron chi connectivity index (χ0n) is 17.4. The molecule has 1 aliphatic carbocycles. The predicted molar refractivity (Wildman–Crippen MR) is 116 cm³/mol. The SMILES string of the molecule is CCCc1ccc(C2CCC(CCC(C)c3ccc(C(=O)O)cc3)CC2)cc1. The average molecular weight is 379 g/mol. The van der Waals surface area contributed by atoms with E-state index in [2.05, 4.69) is 38.1 Å². The quantitative estimate of drug-likeness (QED) is 0.527. The molecular formula is C26H34O2. The van der Waals surface area contributed by atoms with E-state index in [1.165, 1.54) is 68.1 Å². The molecule has 2 heteroatoms. The number of rotatable bonds is 8. The fraction of sp³-hybridized carbons (Fsp3) is 0.500. The highest BCUT2D eigenvalue weighted by molar-refractivity contribution is 5.87. The highest BCUT2D eigenvalue weighted by Crippen LogP contribution is 2.38. The molecule has 0 bridgehead atoms. The molecule has 0 amide bonds. The van der Waals surface area contributed by atoms with Crippen LogP contribution >= 0.6 is 0 Å². The van der Waals surface area contributed by atoms with E-state index >= 15 is 0 Å². The molecule has 28 heavy (non-hydrogen) atoms. The van der Waals surface area contributed by atoms with Crippen LogP contribution < -0.4 is 0 Å². The van der Waals surface area contributed by atoms with Gasteiger partial charge in [0.05, 0.1) is 5.56 Å². The third-order valence-electron chi connectivity index (χ3n) is 6.57. The van der Waals surface area contributed by atoms with Gasteiger partial charge in [0.1, 0.15) is 0 Å². The Balaban J connectivity index is 1.44. The molecule has 1 N–H and O–H groups in total. The molecule has 1 fully saturated rings. The average Bonchev–Trinajstić information content (AvgIpc) is 2.73. The molecule has 2 aromatic rings. The van der Waals surface area contributed by atoms with Crippen LogP contribution in [0.2, 0.25) is 0 Å². The smallest absolute Gasteiger partial charge is 0.335 e. The van der Waals surface area contributed by atoms with E-state index in [1.54, 1.807) is 12.1 Å². The molecule has 0 saturated heterocycles. The van der Waals surface area contributed by atoms with Gasteiger partial charge in [-0.15, -0.1) is 0 Å². The molecule has 3 rings (SSSR count). The topological polar surface area (TPSA) is 37.3 Å². The normalized spacial score (nSPS) is 20.6. The van der Waals surface area contributed by atoms with Gasteiger partial charge in [-0.3, -0.25) is 0 Å². The molecule has 1 aliphatic rings. The molecule has 0 aliphatic heterocycles. The highest BCUT2D eigenvalue weighted by Gasteiger charge is 2.23. The van der Waals surface area contributed by atoms with E-state index in [-0.39, 0.29) is 0 Å². The van der Waals surface area contributed by atoms with Crippen LogP contribution in [0.4, 0.5) is 0 Å². The largest absolute Gasteiger partial charge is 0.478 e. The van der Waals surface area contributed by atoms with Crippen molar-refractivity contribution in [2.75, 3.05) is 0 Å². The van der Waals surface area contributed by atoms with Crippen LogP contribution in [0.3, 0.4) is 0 Å². The van der Waals surface area contributed by atoms with Crippen LogP contribution in [0.25, 0.3) is 0 Å². The summed E-state index contributed by atoms with van der Waals surface area (Å²) in [5, 5.41) is 9.03. The van der Waals surface area contributed by atoms with Crippen LogP contribution in [-0.4, -0.2) is 11.1 Å². The van der Waals surface area contributed by atoms with Crippen molar-refractivity contribution in [3.05, 3.63) is 70.8 Å². The van der Waals surface area contributed by atoms with Crippen molar-refractivity contribution in [2.24, 2.45) is 5.92 Å². The molecule has 1 unspecified atom stereocenters. The Morgan fingerprint density at radius 1 is 1.00 bits per heavy atom. The summed E-state index contributed by atoms with van der Waals surface area (Å²) in [7, 11) is 0. The van der Waals surface area contributed by atoms with Crippen LogP contribution in [0, 0.1) is 5.92 Å². The molecule has 0 aromatic heterocycles. The van der Waals surface area contributed by atoms with Gasteiger partial charge in [-0.1, -0.05) is 56.7 Å².